The van der Waals surface area contributed by atoms with E-state index in [1.54, 1.807) is 20.8 Å². The van der Waals surface area contributed by atoms with Gasteiger partial charge in [-0.25, -0.2) is 9.59 Å². The van der Waals surface area contributed by atoms with Crippen LogP contribution in [0.2, 0.25) is 0 Å². The molecule has 3 amide bonds. The molecule has 3 atom stereocenters. The molecule has 0 unspecified atom stereocenters. The fourth-order valence-electron chi connectivity index (χ4n) is 4.54. The zero-order valence-electron chi connectivity index (χ0n) is 19.6. The minimum absolute atomic E-state index is 0.0751. The second kappa shape index (κ2) is 8.94. The average molecular weight is 530 g/mol. The molecule has 2 aliphatic rings. The maximum absolute atomic E-state index is 13.5. The van der Waals surface area contributed by atoms with Crippen molar-refractivity contribution in [3.05, 3.63) is 65.7 Å². The fourth-order valence-corrected chi connectivity index (χ4v) is 5.60. The van der Waals surface area contributed by atoms with Gasteiger partial charge in [0.25, 0.3) is 0 Å². The first-order valence-electron chi connectivity index (χ1n) is 11.1. The molecular weight excluding hydrogens is 502 g/mol. The fraction of sp³-hybridized carbons (Fsp3) is 0.400. The standard InChI is InChI=1S/C25H28BrN3O5/c1-24(2,3)34-23(32)29-19(20(30)27-4)14-25(26)17-12-8-9-13-18(17)28(21(25)29)22(31)33-15-16-10-6-5-7-11-16/h5-13,19,21H,14-15H2,1-4H3,(H,27,30)/t19-,21-,25+/m1/s1. The minimum Gasteiger partial charge on any atom is -0.444 e. The lowest BCUT2D eigenvalue weighted by Crippen LogP contribution is -2.57. The summed E-state index contributed by atoms with van der Waals surface area (Å²) in [4.78, 5) is 42.5. The maximum atomic E-state index is 13.5. The predicted octanol–water partition coefficient (Wildman–Crippen LogP) is 4.52. The van der Waals surface area contributed by atoms with Gasteiger partial charge in [-0.1, -0.05) is 64.5 Å². The van der Waals surface area contributed by atoms with Crippen LogP contribution in [0.1, 0.15) is 38.3 Å². The Balaban J connectivity index is 1.75. The molecule has 34 heavy (non-hydrogen) atoms. The van der Waals surface area contributed by atoms with E-state index >= 15 is 0 Å². The first-order chi connectivity index (χ1) is 16.1. The zero-order chi connectivity index (χ0) is 24.7. The third kappa shape index (κ3) is 4.24. The van der Waals surface area contributed by atoms with Crippen LogP contribution in [-0.4, -0.2) is 47.8 Å². The molecule has 2 aromatic carbocycles. The van der Waals surface area contributed by atoms with Gasteiger partial charge >= 0.3 is 12.2 Å². The largest absolute Gasteiger partial charge is 0.444 e. The molecule has 0 spiro atoms. The second-order valence-electron chi connectivity index (χ2n) is 9.39. The van der Waals surface area contributed by atoms with Gasteiger partial charge in [0.05, 0.1) is 10.0 Å². The van der Waals surface area contributed by atoms with E-state index in [2.05, 4.69) is 21.2 Å². The van der Waals surface area contributed by atoms with Crippen LogP contribution in [0.3, 0.4) is 0 Å². The van der Waals surface area contributed by atoms with Crippen LogP contribution in [0.5, 0.6) is 0 Å². The van der Waals surface area contributed by atoms with E-state index in [9.17, 15) is 14.4 Å². The molecule has 0 radical (unpaired) electrons. The molecule has 180 valence electrons. The number of anilines is 1. The van der Waals surface area contributed by atoms with Gasteiger partial charge in [-0.3, -0.25) is 14.6 Å². The highest BCUT2D eigenvalue weighted by Gasteiger charge is 2.64. The summed E-state index contributed by atoms with van der Waals surface area (Å²) in [5.74, 6) is -0.339. The van der Waals surface area contributed by atoms with Crippen molar-refractivity contribution in [1.29, 1.82) is 0 Å². The molecule has 1 fully saturated rings. The van der Waals surface area contributed by atoms with E-state index in [1.165, 1.54) is 16.8 Å². The Hall–Kier alpha value is -3.07. The Morgan fingerprint density at radius 1 is 1.06 bits per heavy atom. The normalized spacial score (nSPS) is 23.2. The summed E-state index contributed by atoms with van der Waals surface area (Å²) in [5.41, 5.74) is 1.47. The Morgan fingerprint density at radius 3 is 2.35 bits per heavy atom. The lowest BCUT2D eigenvalue weighted by atomic mass is 9.96. The van der Waals surface area contributed by atoms with Crippen LogP contribution < -0.4 is 10.2 Å². The third-order valence-electron chi connectivity index (χ3n) is 5.91. The van der Waals surface area contributed by atoms with Crippen molar-refractivity contribution in [2.45, 2.75) is 55.9 Å². The summed E-state index contributed by atoms with van der Waals surface area (Å²) >= 11 is 3.82. The SMILES string of the molecule is CNC(=O)[C@H]1C[C@]2(Br)c3ccccc3N(C(=O)OCc3ccccc3)[C@@H]2N1C(=O)OC(C)(C)C. The van der Waals surface area contributed by atoms with Crippen LogP contribution in [0, 0.1) is 0 Å². The highest BCUT2D eigenvalue weighted by molar-refractivity contribution is 9.09. The minimum atomic E-state index is -0.872. The first-order valence-corrected chi connectivity index (χ1v) is 11.9. The van der Waals surface area contributed by atoms with Gasteiger partial charge in [0.1, 0.15) is 24.4 Å². The summed E-state index contributed by atoms with van der Waals surface area (Å²) in [6.45, 7) is 5.34. The monoisotopic (exact) mass is 529 g/mol. The molecule has 1 saturated heterocycles. The van der Waals surface area contributed by atoms with E-state index in [-0.39, 0.29) is 18.9 Å². The molecular formula is C25H28BrN3O5. The van der Waals surface area contributed by atoms with Crippen molar-refractivity contribution in [2.75, 3.05) is 11.9 Å². The molecule has 0 aromatic heterocycles. The predicted molar refractivity (Wildman–Crippen MR) is 130 cm³/mol. The quantitative estimate of drug-likeness (QED) is 0.590. The summed E-state index contributed by atoms with van der Waals surface area (Å²) in [5, 5.41) is 2.63. The number of hydrogen-bond acceptors (Lipinski definition) is 5. The second-order valence-corrected chi connectivity index (χ2v) is 10.8. The van der Waals surface area contributed by atoms with Crippen LogP contribution in [0.25, 0.3) is 0 Å². The molecule has 2 heterocycles. The highest BCUT2D eigenvalue weighted by Crippen LogP contribution is 2.58. The van der Waals surface area contributed by atoms with Gasteiger partial charge in [-0.15, -0.1) is 0 Å². The lowest BCUT2D eigenvalue weighted by Gasteiger charge is -2.36. The molecule has 1 N–H and O–H groups in total. The van der Waals surface area contributed by atoms with Gasteiger partial charge < -0.3 is 14.8 Å². The van der Waals surface area contributed by atoms with Crippen LogP contribution in [0.15, 0.2) is 54.6 Å². The van der Waals surface area contributed by atoms with Crippen molar-refractivity contribution < 1.29 is 23.9 Å². The first kappa shape index (κ1) is 24.1. The average Bonchev–Trinajstić information content (AvgIpc) is 3.24. The highest BCUT2D eigenvalue weighted by atomic mass is 79.9. The number of halogens is 1. The third-order valence-corrected chi connectivity index (χ3v) is 7.07. The molecule has 2 aliphatic heterocycles. The molecule has 4 rings (SSSR count). The van der Waals surface area contributed by atoms with Gasteiger partial charge in [-0.05, 0) is 38.0 Å². The molecule has 9 heteroatoms. The molecule has 0 saturated carbocycles. The van der Waals surface area contributed by atoms with Crippen LogP contribution in [-0.2, 0) is 25.2 Å². The molecule has 2 aromatic rings. The number of nitrogens with one attached hydrogen (secondary N) is 1. The van der Waals surface area contributed by atoms with E-state index < -0.39 is 34.3 Å². The van der Waals surface area contributed by atoms with Crippen molar-refractivity contribution in [3.63, 3.8) is 0 Å². The molecule has 0 bridgehead atoms. The number of likely N-dealkylation sites (tertiary alicyclic amines) is 1. The number of likely N-dealkylation sites (N-methyl/N-ethyl adjacent to an activating group) is 1. The number of rotatable bonds is 3. The lowest BCUT2D eigenvalue weighted by molar-refractivity contribution is -0.125. The Morgan fingerprint density at radius 2 is 1.71 bits per heavy atom. The van der Waals surface area contributed by atoms with E-state index in [4.69, 9.17) is 9.47 Å². The Kier molecular flexibility index (Phi) is 6.33. The van der Waals surface area contributed by atoms with Crippen LogP contribution >= 0.6 is 15.9 Å². The summed E-state index contributed by atoms with van der Waals surface area (Å²) < 4.78 is 10.5. The van der Waals surface area contributed by atoms with E-state index in [0.29, 0.717) is 5.69 Å². The Bertz CT molecular complexity index is 1100. The number of ether oxygens (including phenoxy) is 2. The molecule has 0 aliphatic carbocycles. The number of carbonyl (C=O) groups is 3. The van der Waals surface area contributed by atoms with Crippen molar-refractivity contribution in [1.82, 2.24) is 10.2 Å². The van der Waals surface area contributed by atoms with Crippen molar-refractivity contribution in [3.8, 4) is 0 Å². The van der Waals surface area contributed by atoms with Crippen molar-refractivity contribution >= 4 is 39.7 Å². The number of carbonyl (C=O) groups excluding carboxylic acids is 3. The maximum Gasteiger partial charge on any atom is 0.416 e. The summed E-state index contributed by atoms with van der Waals surface area (Å²) in [6, 6.07) is 15.9. The number of alkyl halides is 1. The summed E-state index contributed by atoms with van der Waals surface area (Å²) in [7, 11) is 1.52. The zero-order valence-corrected chi connectivity index (χ0v) is 21.2. The Labute approximate surface area is 207 Å². The van der Waals surface area contributed by atoms with Gasteiger partial charge in [0, 0.05) is 13.5 Å². The number of benzene rings is 2. The number of amides is 3. The topological polar surface area (TPSA) is 88.2 Å². The van der Waals surface area contributed by atoms with E-state index in [1.807, 2.05) is 54.6 Å². The summed E-state index contributed by atoms with van der Waals surface area (Å²) in [6.07, 6.45) is -1.89. The number of fused-ring (bicyclic) bond motifs is 3. The van der Waals surface area contributed by atoms with Crippen molar-refractivity contribution in [2.24, 2.45) is 0 Å². The number of para-hydroxylation sites is 1. The number of hydrogen-bond donors (Lipinski definition) is 1. The van der Waals surface area contributed by atoms with Gasteiger partial charge in [0.2, 0.25) is 5.91 Å². The van der Waals surface area contributed by atoms with Gasteiger partial charge in [0.15, 0.2) is 0 Å². The molecule has 8 nitrogen and oxygen atoms in total. The van der Waals surface area contributed by atoms with Gasteiger partial charge in [-0.2, -0.15) is 0 Å². The van der Waals surface area contributed by atoms with Crippen LogP contribution in [0.4, 0.5) is 15.3 Å². The smallest absolute Gasteiger partial charge is 0.416 e. The number of nitrogens with zero attached hydrogens (tertiary/aromatic N) is 2. The van der Waals surface area contributed by atoms with E-state index in [0.717, 1.165) is 11.1 Å².